The average molecular weight is 219 g/mol. The molecule has 1 amide bonds. The zero-order valence-electron chi connectivity index (χ0n) is 8.77. The smallest absolute Gasteiger partial charge is 0.303 e. The number of carboxylic acid groups (broad SMARTS) is 1. The summed E-state index contributed by atoms with van der Waals surface area (Å²) in [6.45, 7) is 3.63. The first kappa shape index (κ1) is 12.0. The van der Waals surface area contributed by atoms with E-state index in [2.05, 4.69) is 11.9 Å². The van der Waals surface area contributed by atoms with Crippen molar-refractivity contribution in [3.8, 4) is 0 Å². The van der Waals surface area contributed by atoms with Gasteiger partial charge in [0.25, 0.3) is 0 Å². The van der Waals surface area contributed by atoms with Gasteiger partial charge in [0, 0.05) is 12.1 Å². The van der Waals surface area contributed by atoms with Crippen LogP contribution < -0.4 is 5.32 Å². The van der Waals surface area contributed by atoms with Gasteiger partial charge in [0.05, 0.1) is 6.42 Å². The van der Waals surface area contributed by atoms with Crippen LogP contribution in [-0.4, -0.2) is 17.0 Å². The molecule has 0 radical (unpaired) electrons. The molecular weight excluding hydrogens is 206 g/mol. The highest BCUT2D eigenvalue weighted by atomic mass is 16.4. The Hall–Kier alpha value is -2.10. The number of carboxylic acids is 1. The number of nitrogens with one attached hydrogen (secondary N) is 1. The monoisotopic (exact) mass is 219 g/mol. The van der Waals surface area contributed by atoms with E-state index in [-0.39, 0.29) is 18.7 Å². The van der Waals surface area contributed by atoms with E-state index in [1.807, 2.05) is 12.1 Å². The number of hydrogen-bond acceptors (Lipinski definition) is 2. The van der Waals surface area contributed by atoms with Crippen molar-refractivity contribution in [3.63, 3.8) is 0 Å². The van der Waals surface area contributed by atoms with Crippen LogP contribution in [0.4, 0.5) is 5.69 Å². The van der Waals surface area contributed by atoms with Crippen LogP contribution in [0.3, 0.4) is 0 Å². The van der Waals surface area contributed by atoms with Crippen molar-refractivity contribution in [2.24, 2.45) is 0 Å². The summed E-state index contributed by atoms with van der Waals surface area (Å²) in [4.78, 5) is 21.7. The van der Waals surface area contributed by atoms with Gasteiger partial charge in [0.1, 0.15) is 0 Å². The fraction of sp³-hybridized carbons (Fsp3) is 0.167. The van der Waals surface area contributed by atoms with E-state index in [0.29, 0.717) is 5.69 Å². The third-order valence-electron chi connectivity index (χ3n) is 2.02. The Balaban J connectivity index is 2.62. The van der Waals surface area contributed by atoms with Gasteiger partial charge in [0.15, 0.2) is 0 Å². The van der Waals surface area contributed by atoms with Crippen molar-refractivity contribution < 1.29 is 14.7 Å². The Morgan fingerprint density at radius 2 is 2.00 bits per heavy atom. The molecule has 0 unspecified atom stereocenters. The largest absolute Gasteiger partial charge is 0.481 e. The summed E-state index contributed by atoms with van der Waals surface area (Å²) < 4.78 is 0. The van der Waals surface area contributed by atoms with Gasteiger partial charge < -0.3 is 10.4 Å². The number of aliphatic carboxylic acids is 1. The number of para-hydroxylation sites is 1. The number of benzene rings is 1. The Morgan fingerprint density at radius 1 is 1.31 bits per heavy atom. The molecule has 0 saturated carbocycles. The van der Waals surface area contributed by atoms with Crippen LogP contribution >= 0.6 is 0 Å². The number of amides is 1. The molecule has 1 aromatic carbocycles. The average Bonchev–Trinajstić information content (AvgIpc) is 2.27. The number of hydrogen-bond donors (Lipinski definition) is 2. The van der Waals surface area contributed by atoms with E-state index in [0.717, 1.165) is 5.56 Å². The second-order valence-corrected chi connectivity index (χ2v) is 3.23. The molecule has 2 N–H and O–H groups in total. The lowest BCUT2D eigenvalue weighted by Gasteiger charge is -2.07. The lowest BCUT2D eigenvalue weighted by molar-refractivity contribution is -0.138. The fourth-order valence-electron chi connectivity index (χ4n) is 1.22. The SMILES string of the molecule is C=Cc1ccccc1NC(=O)CCC(=O)O. The number of carbonyl (C=O) groups excluding carboxylic acids is 1. The minimum absolute atomic E-state index is 0.0270. The summed E-state index contributed by atoms with van der Waals surface area (Å²) in [6, 6.07) is 7.19. The van der Waals surface area contributed by atoms with Gasteiger partial charge in [-0.2, -0.15) is 0 Å². The van der Waals surface area contributed by atoms with Crippen molar-refractivity contribution in [2.45, 2.75) is 12.8 Å². The Morgan fingerprint density at radius 3 is 2.62 bits per heavy atom. The highest BCUT2D eigenvalue weighted by Gasteiger charge is 2.06. The molecule has 84 valence electrons. The van der Waals surface area contributed by atoms with Crippen molar-refractivity contribution in [2.75, 3.05) is 5.32 Å². The molecule has 0 fully saturated rings. The standard InChI is InChI=1S/C12H13NO3/c1-2-9-5-3-4-6-10(9)13-11(14)7-8-12(15)16/h2-6H,1,7-8H2,(H,13,14)(H,15,16). The van der Waals surface area contributed by atoms with Crippen LogP contribution in [0.25, 0.3) is 6.08 Å². The summed E-state index contributed by atoms with van der Waals surface area (Å²) in [5.41, 5.74) is 1.46. The topological polar surface area (TPSA) is 66.4 Å². The van der Waals surface area contributed by atoms with Gasteiger partial charge >= 0.3 is 5.97 Å². The third kappa shape index (κ3) is 3.57. The Kier molecular flexibility index (Phi) is 4.27. The molecule has 0 aliphatic heterocycles. The molecule has 0 bridgehead atoms. The summed E-state index contributed by atoms with van der Waals surface area (Å²) in [5.74, 6) is -1.29. The molecular formula is C12H13NO3. The zero-order valence-corrected chi connectivity index (χ0v) is 8.77. The van der Waals surface area contributed by atoms with E-state index in [9.17, 15) is 9.59 Å². The first-order valence-corrected chi connectivity index (χ1v) is 4.86. The molecule has 1 rings (SSSR count). The van der Waals surface area contributed by atoms with Gasteiger partial charge in [-0.05, 0) is 11.6 Å². The van der Waals surface area contributed by atoms with Gasteiger partial charge in [0.2, 0.25) is 5.91 Å². The minimum Gasteiger partial charge on any atom is -0.481 e. The van der Waals surface area contributed by atoms with Crippen molar-refractivity contribution >= 4 is 23.6 Å². The van der Waals surface area contributed by atoms with Gasteiger partial charge in [-0.15, -0.1) is 0 Å². The normalized spacial score (nSPS) is 9.50. The minimum atomic E-state index is -0.979. The van der Waals surface area contributed by atoms with Gasteiger partial charge in [-0.3, -0.25) is 9.59 Å². The van der Waals surface area contributed by atoms with Crippen molar-refractivity contribution in [1.82, 2.24) is 0 Å². The van der Waals surface area contributed by atoms with Crippen LogP contribution in [0.2, 0.25) is 0 Å². The highest BCUT2D eigenvalue weighted by Crippen LogP contribution is 2.16. The second-order valence-electron chi connectivity index (χ2n) is 3.23. The molecule has 1 aromatic rings. The lowest BCUT2D eigenvalue weighted by atomic mass is 10.1. The first-order chi connectivity index (χ1) is 7.63. The molecule has 0 aromatic heterocycles. The van der Waals surface area contributed by atoms with Crippen LogP contribution in [0.15, 0.2) is 30.8 Å². The van der Waals surface area contributed by atoms with Crippen molar-refractivity contribution in [1.29, 1.82) is 0 Å². The fourth-order valence-corrected chi connectivity index (χ4v) is 1.22. The van der Waals surface area contributed by atoms with Crippen LogP contribution in [-0.2, 0) is 9.59 Å². The second kappa shape index (κ2) is 5.70. The van der Waals surface area contributed by atoms with E-state index in [1.54, 1.807) is 18.2 Å². The molecule has 0 spiro atoms. The Labute approximate surface area is 93.6 Å². The molecule has 0 saturated heterocycles. The molecule has 0 atom stereocenters. The van der Waals surface area contributed by atoms with E-state index >= 15 is 0 Å². The highest BCUT2D eigenvalue weighted by molar-refractivity contribution is 5.94. The number of anilines is 1. The van der Waals surface area contributed by atoms with Gasteiger partial charge in [-0.1, -0.05) is 30.9 Å². The maximum atomic E-state index is 11.4. The number of rotatable bonds is 5. The summed E-state index contributed by atoms with van der Waals surface area (Å²) in [5, 5.41) is 11.1. The molecule has 0 aliphatic carbocycles. The Bertz CT molecular complexity index is 412. The number of carbonyl (C=O) groups is 2. The van der Waals surface area contributed by atoms with E-state index < -0.39 is 5.97 Å². The predicted octanol–water partition coefficient (Wildman–Crippen LogP) is 2.13. The van der Waals surface area contributed by atoms with E-state index in [4.69, 9.17) is 5.11 Å². The first-order valence-electron chi connectivity index (χ1n) is 4.86. The third-order valence-corrected chi connectivity index (χ3v) is 2.02. The maximum Gasteiger partial charge on any atom is 0.303 e. The summed E-state index contributed by atoms with van der Waals surface area (Å²) >= 11 is 0. The van der Waals surface area contributed by atoms with Crippen LogP contribution in [0, 0.1) is 0 Å². The molecule has 4 nitrogen and oxygen atoms in total. The quantitative estimate of drug-likeness (QED) is 0.797. The van der Waals surface area contributed by atoms with Crippen LogP contribution in [0.1, 0.15) is 18.4 Å². The zero-order chi connectivity index (χ0) is 12.0. The van der Waals surface area contributed by atoms with Crippen molar-refractivity contribution in [3.05, 3.63) is 36.4 Å². The van der Waals surface area contributed by atoms with E-state index in [1.165, 1.54) is 0 Å². The van der Waals surface area contributed by atoms with Crippen LogP contribution in [0.5, 0.6) is 0 Å². The van der Waals surface area contributed by atoms with Gasteiger partial charge in [-0.25, -0.2) is 0 Å². The lowest BCUT2D eigenvalue weighted by Crippen LogP contribution is -2.13. The predicted molar refractivity (Wildman–Crippen MR) is 62.0 cm³/mol. The molecule has 16 heavy (non-hydrogen) atoms. The summed E-state index contributed by atoms with van der Waals surface area (Å²) in [7, 11) is 0. The molecule has 0 aliphatic rings. The summed E-state index contributed by atoms with van der Waals surface area (Å²) in [6.07, 6.45) is 1.44. The molecule has 4 heteroatoms. The molecule has 0 heterocycles. The maximum absolute atomic E-state index is 11.4.